The summed E-state index contributed by atoms with van der Waals surface area (Å²) in [4.78, 5) is 0. The molecule has 0 aromatic heterocycles. The molecule has 0 aliphatic rings. The molecular weight excluding hydrogens is 1060 g/mol. The molecule has 0 spiro atoms. The van der Waals surface area contributed by atoms with E-state index in [2.05, 4.69) is 298 Å². The van der Waals surface area contributed by atoms with Crippen LogP contribution in [-0.2, 0) is 0 Å². The van der Waals surface area contributed by atoms with Crippen LogP contribution in [0.3, 0.4) is 0 Å². The molecule has 4 atom stereocenters. The largest absolute Gasteiger partial charge is 0.0649 e. The van der Waals surface area contributed by atoms with Gasteiger partial charge in [-0.1, -0.05) is 304 Å². The molecule has 88 heavy (non-hydrogen) atoms. The monoisotopic (exact) mass is 1250 g/mol. The van der Waals surface area contributed by atoms with Crippen molar-refractivity contribution in [3.8, 4) is 0 Å². The number of hydrogen-bond donors (Lipinski definition) is 0. The number of rotatable bonds is 39. The van der Waals surface area contributed by atoms with Gasteiger partial charge >= 0.3 is 0 Å². The Bertz CT molecular complexity index is 1290. The van der Waals surface area contributed by atoms with Crippen LogP contribution >= 0.6 is 0 Å². The molecule has 0 fully saturated rings. The Kier molecular flexibility index (Phi) is 61.0. The summed E-state index contributed by atoms with van der Waals surface area (Å²) in [7, 11) is 0. The maximum Gasteiger partial charge on any atom is -0.0288 e. The van der Waals surface area contributed by atoms with Crippen molar-refractivity contribution in [2.45, 2.75) is 400 Å². The standard InChI is InChI=1S/C24H50.C17H36.C15H32.C13H28.C12H26.C7H16/c1-15(2)13-21(17(5)6)23(19(9)10)24(20(11)12)22(18(7)8)14-16(3)4;1-13(2)9-17(10-14(3)4,11-15(5)6)12-16(7)8;1-8-15(9-12(2)3,10-13(4)5)11-14(6)7;1-10(2)7-13(8-11(3)4)9-12(5)6;1-9(2)7-12(11(5)6)8-10(3)4;1-6(2)5-7(3)4/h15-24H,13-14H2,1-12H3;13-16H,9-12H2,1-8H3;12-14H,8-11H2,1-7H3;10-13H,7-9H2,1-6H3;9-12H,7-8H2,1-6H3;6-7H,5H2,1-4H3. The third-order valence-electron chi connectivity index (χ3n) is 18.7. The third-order valence-corrected chi connectivity index (χ3v) is 18.7. The van der Waals surface area contributed by atoms with Crippen LogP contribution in [0.4, 0.5) is 0 Å². The van der Waals surface area contributed by atoms with Gasteiger partial charge in [0.1, 0.15) is 0 Å². The summed E-state index contributed by atoms with van der Waals surface area (Å²) in [5.74, 6) is 22.7. The first kappa shape index (κ1) is 99.1. The summed E-state index contributed by atoms with van der Waals surface area (Å²) in [5, 5.41) is 0. The lowest BCUT2D eigenvalue weighted by Gasteiger charge is -2.46. The smallest absolute Gasteiger partial charge is 0.0288 e. The van der Waals surface area contributed by atoms with Crippen LogP contribution in [0.25, 0.3) is 0 Å². The fourth-order valence-electron chi connectivity index (χ4n) is 17.6. The summed E-state index contributed by atoms with van der Waals surface area (Å²) >= 11 is 0. The zero-order valence-electron chi connectivity index (χ0n) is 70.9. The van der Waals surface area contributed by atoms with Crippen molar-refractivity contribution in [3.05, 3.63) is 0 Å². The molecule has 0 saturated carbocycles. The Labute approximate surface area is 568 Å². The van der Waals surface area contributed by atoms with Gasteiger partial charge in [0.2, 0.25) is 0 Å². The molecule has 0 radical (unpaired) electrons. The van der Waals surface area contributed by atoms with Gasteiger partial charge < -0.3 is 0 Å². The minimum absolute atomic E-state index is 0.588. The Morgan fingerprint density at radius 1 is 0.182 bits per heavy atom. The van der Waals surface area contributed by atoms with E-state index in [-0.39, 0.29) is 0 Å². The highest BCUT2D eigenvalue weighted by atomic mass is 14.5. The predicted octanol–water partition coefficient (Wildman–Crippen LogP) is 31.6. The Hall–Kier alpha value is 0. The van der Waals surface area contributed by atoms with Crippen LogP contribution in [0.5, 0.6) is 0 Å². The van der Waals surface area contributed by atoms with E-state index in [1.807, 2.05) is 0 Å². The minimum Gasteiger partial charge on any atom is -0.0649 e. The van der Waals surface area contributed by atoms with Crippen molar-refractivity contribution in [1.29, 1.82) is 0 Å². The van der Waals surface area contributed by atoms with Gasteiger partial charge in [-0.3, -0.25) is 0 Å². The molecule has 0 aromatic rings. The molecule has 0 amide bonds. The van der Waals surface area contributed by atoms with Crippen molar-refractivity contribution >= 4 is 0 Å². The molecule has 4 unspecified atom stereocenters. The van der Waals surface area contributed by atoms with Gasteiger partial charge in [0.05, 0.1) is 0 Å². The minimum atomic E-state index is 0.588. The number of hydrogen-bond acceptors (Lipinski definition) is 0. The molecule has 0 aliphatic carbocycles. The summed E-state index contributed by atoms with van der Waals surface area (Å²) in [5.41, 5.74) is 1.20. The lowest BCUT2D eigenvalue weighted by Crippen LogP contribution is -2.40. The van der Waals surface area contributed by atoms with E-state index in [4.69, 9.17) is 0 Å². The van der Waals surface area contributed by atoms with E-state index in [0.29, 0.717) is 10.8 Å². The van der Waals surface area contributed by atoms with E-state index < -0.39 is 0 Å². The molecule has 0 heteroatoms. The lowest BCUT2D eigenvalue weighted by atomic mass is 9.59. The van der Waals surface area contributed by atoms with Gasteiger partial charge in [-0.25, -0.2) is 0 Å². The summed E-state index contributed by atoms with van der Waals surface area (Å²) in [6.45, 7) is 102. The normalized spacial score (nSPS) is 14.2. The fourth-order valence-corrected chi connectivity index (χ4v) is 17.6. The van der Waals surface area contributed by atoms with Gasteiger partial charge in [-0.05, 0) is 267 Å². The molecule has 0 N–H and O–H groups in total. The molecule has 540 valence electrons. The maximum absolute atomic E-state index is 2.49. The van der Waals surface area contributed by atoms with Gasteiger partial charge in [-0.2, -0.15) is 0 Å². The molecular formula is C88H188. The van der Waals surface area contributed by atoms with Gasteiger partial charge in [-0.15, -0.1) is 0 Å². The van der Waals surface area contributed by atoms with Crippen LogP contribution in [-0.4, -0.2) is 0 Å². The van der Waals surface area contributed by atoms with Gasteiger partial charge in [0, 0.05) is 0 Å². The zero-order valence-corrected chi connectivity index (χ0v) is 70.9. The molecule has 0 nitrogen and oxygen atoms in total. The zero-order chi connectivity index (χ0) is 70.9. The fraction of sp³-hybridized carbons (Fsp3) is 1.00. The second-order valence-corrected chi connectivity index (χ2v) is 39.3. The van der Waals surface area contributed by atoms with Crippen molar-refractivity contribution in [3.63, 3.8) is 0 Å². The predicted molar refractivity (Wildman–Crippen MR) is 417 cm³/mol. The lowest BCUT2D eigenvalue weighted by molar-refractivity contribution is 0.0189. The van der Waals surface area contributed by atoms with E-state index in [1.165, 1.54) is 103 Å². The molecule has 0 aliphatic heterocycles. The summed E-state index contributed by atoms with van der Waals surface area (Å²) in [6.07, 6.45) is 22.3. The molecule has 0 saturated heterocycles. The van der Waals surface area contributed by atoms with E-state index in [1.54, 1.807) is 0 Å². The van der Waals surface area contributed by atoms with Crippen molar-refractivity contribution in [2.75, 3.05) is 0 Å². The van der Waals surface area contributed by atoms with Gasteiger partial charge in [0.25, 0.3) is 0 Å². The second kappa shape index (κ2) is 54.2. The first-order chi connectivity index (χ1) is 39.8. The van der Waals surface area contributed by atoms with Crippen LogP contribution in [0, 0.1) is 171 Å². The first-order valence-electron chi connectivity index (χ1n) is 39.8. The second-order valence-electron chi connectivity index (χ2n) is 39.3. The molecule has 0 heterocycles. The van der Waals surface area contributed by atoms with Gasteiger partial charge in [0.15, 0.2) is 0 Å². The maximum atomic E-state index is 2.49. The Morgan fingerprint density at radius 3 is 0.500 bits per heavy atom. The summed E-state index contributed by atoms with van der Waals surface area (Å²) < 4.78 is 0. The molecule has 0 aromatic carbocycles. The topological polar surface area (TPSA) is 0 Å². The first-order valence-corrected chi connectivity index (χ1v) is 39.8. The highest BCUT2D eigenvalue weighted by Gasteiger charge is 2.41. The molecule has 0 bridgehead atoms. The Morgan fingerprint density at radius 2 is 0.375 bits per heavy atom. The van der Waals surface area contributed by atoms with Crippen LogP contribution in [0.1, 0.15) is 400 Å². The Balaban J connectivity index is -0.000000237. The highest BCUT2D eigenvalue weighted by molar-refractivity contribution is 4.89. The quantitative estimate of drug-likeness (QED) is 0.0575. The van der Waals surface area contributed by atoms with E-state index in [9.17, 15) is 0 Å². The third kappa shape index (κ3) is 59.7. The average Bonchev–Trinajstić information content (AvgIpc) is 3.26. The highest BCUT2D eigenvalue weighted by Crippen LogP contribution is 2.48. The van der Waals surface area contributed by atoms with Crippen molar-refractivity contribution < 1.29 is 0 Å². The SMILES string of the molecule is CC(C)CC(C(C)C)C(C(C)C)C(C(C)C)C(CC(C)C)C(C)C.CC(C)CC(C)C.CC(C)CC(CC(C)C)(CC(C)C)CC(C)C.CC(C)CC(CC(C)C)C(C)C.CC(C)CC(CC(C)C)CC(C)C.CCC(CC(C)C)(CC(C)C)CC(C)C. The van der Waals surface area contributed by atoms with Crippen LogP contribution < -0.4 is 0 Å². The molecule has 0 rings (SSSR count). The van der Waals surface area contributed by atoms with Crippen molar-refractivity contribution in [1.82, 2.24) is 0 Å². The van der Waals surface area contributed by atoms with E-state index in [0.717, 1.165) is 160 Å². The summed E-state index contributed by atoms with van der Waals surface area (Å²) in [6, 6.07) is 0. The van der Waals surface area contributed by atoms with E-state index >= 15 is 0 Å². The van der Waals surface area contributed by atoms with Crippen molar-refractivity contribution in [2.24, 2.45) is 171 Å². The average molecular weight is 1250 g/mol. The van der Waals surface area contributed by atoms with Crippen LogP contribution in [0.15, 0.2) is 0 Å². The van der Waals surface area contributed by atoms with Crippen LogP contribution in [0.2, 0.25) is 0 Å².